The summed E-state index contributed by atoms with van der Waals surface area (Å²) in [6.07, 6.45) is 2.49. The zero-order valence-corrected chi connectivity index (χ0v) is 16.3. The topological polar surface area (TPSA) is 113 Å². The van der Waals surface area contributed by atoms with Crippen LogP contribution in [0.2, 0.25) is 0 Å². The molecule has 0 aromatic heterocycles. The number of carbonyl (C=O) groups is 2. The van der Waals surface area contributed by atoms with E-state index in [1.54, 1.807) is 12.1 Å². The highest BCUT2D eigenvalue weighted by Crippen LogP contribution is 2.41. The van der Waals surface area contributed by atoms with E-state index >= 15 is 0 Å². The number of aliphatic carboxylic acids is 1. The second-order valence-electron chi connectivity index (χ2n) is 6.47. The lowest BCUT2D eigenvalue weighted by Gasteiger charge is -2.36. The molecule has 0 aliphatic carbocycles. The number of hydrogen-bond donors (Lipinski definition) is 2. The van der Waals surface area contributed by atoms with Crippen molar-refractivity contribution in [2.24, 2.45) is 0 Å². The molecule has 150 valence electrons. The summed E-state index contributed by atoms with van der Waals surface area (Å²) in [4.78, 5) is 36.0. The number of rotatable bonds is 9. The van der Waals surface area contributed by atoms with Gasteiger partial charge in [-0.3, -0.25) is 14.9 Å². The normalized spacial score (nSPS) is 16.6. The zero-order chi connectivity index (χ0) is 20.8. The van der Waals surface area contributed by atoms with Crippen LogP contribution >= 0.6 is 0 Å². The molecule has 28 heavy (non-hydrogen) atoms. The van der Waals surface area contributed by atoms with Crippen LogP contribution in [0.4, 0.5) is 5.69 Å². The monoisotopic (exact) mass is 387 g/mol. The van der Waals surface area contributed by atoms with E-state index in [9.17, 15) is 24.8 Å². The number of carboxylic acids is 1. The number of non-ortho nitro benzene ring substituents is 1. The predicted molar refractivity (Wildman–Crippen MR) is 104 cm³/mol. The van der Waals surface area contributed by atoms with Crippen molar-refractivity contribution in [2.75, 3.05) is 6.54 Å². The van der Waals surface area contributed by atoms with Crippen molar-refractivity contribution in [3.8, 4) is 0 Å². The molecule has 0 saturated carbocycles. The van der Waals surface area contributed by atoms with E-state index in [0.29, 0.717) is 49.2 Å². The number of dihydropyridines is 1. The lowest BCUT2D eigenvalue weighted by Crippen LogP contribution is -2.37. The van der Waals surface area contributed by atoms with Crippen LogP contribution < -0.4 is 5.32 Å². The van der Waals surface area contributed by atoms with Crippen LogP contribution in [-0.4, -0.2) is 33.9 Å². The average molecular weight is 387 g/mol. The van der Waals surface area contributed by atoms with E-state index in [-0.39, 0.29) is 11.3 Å². The largest absolute Gasteiger partial charge is 0.478 e. The summed E-state index contributed by atoms with van der Waals surface area (Å²) < 4.78 is 0. The van der Waals surface area contributed by atoms with Gasteiger partial charge >= 0.3 is 5.97 Å². The van der Waals surface area contributed by atoms with Crippen LogP contribution in [0.5, 0.6) is 0 Å². The molecule has 0 spiro atoms. The summed E-state index contributed by atoms with van der Waals surface area (Å²) >= 11 is 0. The molecule has 1 heterocycles. The quantitative estimate of drug-likeness (QED) is 0.381. The van der Waals surface area contributed by atoms with Crippen LogP contribution in [0, 0.1) is 10.1 Å². The Balaban J connectivity index is 2.73. The molecule has 1 aromatic carbocycles. The summed E-state index contributed by atoms with van der Waals surface area (Å²) in [5, 5.41) is 24.1. The molecule has 0 saturated heterocycles. The molecule has 8 heteroatoms. The standard InChI is InChI=1S/C20H25N3O5/c1-4-11-22(12-24)19-16(6-3)21-15(5-2)18(20(25)26)17(19)13-7-9-14(10-8-13)23(27)28/h7-10,12,17,21H,4-6,11H2,1-3H3,(H,25,26). The summed E-state index contributed by atoms with van der Waals surface area (Å²) in [6, 6.07) is 5.84. The van der Waals surface area contributed by atoms with Crippen molar-refractivity contribution in [1.29, 1.82) is 0 Å². The van der Waals surface area contributed by atoms with Gasteiger partial charge in [0.25, 0.3) is 5.69 Å². The average Bonchev–Trinajstić information content (AvgIpc) is 2.70. The molecule has 1 aliphatic heterocycles. The first-order valence-electron chi connectivity index (χ1n) is 9.32. The van der Waals surface area contributed by atoms with Crippen LogP contribution in [0.25, 0.3) is 0 Å². The first-order chi connectivity index (χ1) is 13.4. The third kappa shape index (κ3) is 4.05. The Morgan fingerprint density at radius 2 is 1.82 bits per heavy atom. The maximum atomic E-state index is 12.2. The fourth-order valence-corrected chi connectivity index (χ4v) is 3.52. The van der Waals surface area contributed by atoms with E-state index in [1.165, 1.54) is 17.0 Å². The van der Waals surface area contributed by atoms with E-state index in [4.69, 9.17) is 0 Å². The smallest absolute Gasteiger partial charge is 0.334 e. The second-order valence-corrected chi connectivity index (χ2v) is 6.47. The van der Waals surface area contributed by atoms with E-state index < -0.39 is 16.8 Å². The third-order valence-corrected chi connectivity index (χ3v) is 4.77. The van der Waals surface area contributed by atoms with Crippen LogP contribution in [-0.2, 0) is 9.59 Å². The van der Waals surface area contributed by atoms with Crippen molar-refractivity contribution in [1.82, 2.24) is 10.2 Å². The number of allylic oxidation sites excluding steroid dienone is 3. The summed E-state index contributed by atoms with van der Waals surface area (Å²) in [7, 11) is 0. The van der Waals surface area contributed by atoms with Gasteiger partial charge in [0.05, 0.1) is 22.1 Å². The molecular weight excluding hydrogens is 362 g/mol. The van der Waals surface area contributed by atoms with Crippen molar-refractivity contribution in [3.63, 3.8) is 0 Å². The van der Waals surface area contributed by atoms with Gasteiger partial charge < -0.3 is 15.3 Å². The number of hydrogen-bond acceptors (Lipinski definition) is 5. The fourth-order valence-electron chi connectivity index (χ4n) is 3.52. The number of carbonyl (C=O) groups excluding carboxylic acids is 1. The molecule has 1 aliphatic rings. The minimum Gasteiger partial charge on any atom is -0.478 e. The van der Waals surface area contributed by atoms with Crippen molar-refractivity contribution in [2.45, 2.75) is 46.0 Å². The van der Waals surface area contributed by atoms with Crippen molar-refractivity contribution in [3.05, 3.63) is 62.6 Å². The number of nitrogens with zero attached hydrogens (tertiary/aromatic N) is 2. The molecule has 1 atom stereocenters. The maximum Gasteiger partial charge on any atom is 0.334 e. The highest BCUT2D eigenvalue weighted by molar-refractivity contribution is 5.91. The molecule has 1 amide bonds. The number of benzene rings is 1. The summed E-state index contributed by atoms with van der Waals surface area (Å²) in [5.41, 5.74) is 2.63. The van der Waals surface area contributed by atoms with Crippen LogP contribution in [0.3, 0.4) is 0 Å². The zero-order valence-electron chi connectivity index (χ0n) is 16.3. The van der Waals surface area contributed by atoms with Gasteiger partial charge in [-0.25, -0.2) is 4.79 Å². The van der Waals surface area contributed by atoms with Crippen LogP contribution in [0.1, 0.15) is 51.5 Å². The first-order valence-corrected chi connectivity index (χ1v) is 9.32. The number of carboxylic acid groups (broad SMARTS) is 1. The van der Waals surface area contributed by atoms with Crippen LogP contribution in [0.15, 0.2) is 46.9 Å². The SMILES string of the molecule is CCCN(C=O)C1=C(CC)NC(CC)=C(C(=O)O)C1c1ccc([N+](=O)[O-])cc1. The lowest BCUT2D eigenvalue weighted by atomic mass is 9.82. The number of nitrogens with one attached hydrogen (secondary N) is 1. The Bertz CT molecular complexity index is 827. The minimum atomic E-state index is -1.08. The fraction of sp³-hybridized carbons (Fsp3) is 0.400. The van der Waals surface area contributed by atoms with Gasteiger partial charge in [-0.2, -0.15) is 0 Å². The van der Waals surface area contributed by atoms with Gasteiger partial charge in [0.1, 0.15) is 0 Å². The molecule has 2 N–H and O–H groups in total. The Morgan fingerprint density at radius 1 is 1.21 bits per heavy atom. The Kier molecular flexibility index (Phi) is 6.92. The molecule has 0 bridgehead atoms. The van der Waals surface area contributed by atoms with Gasteiger partial charge in [0, 0.05) is 30.1 Å². The van der Waals surface area contributed by atoms with Gasteiger partial charge in [0.2, 0.25) is 6.41 Å². The first kappa shape index (κ1) is 21.1. The van der Waals surface area contributed by atoms with Gasteiger partial charge in [-0.15, -0.1) is 0 Å². The molecule has 1 unspecified atom stereocenters. The van der Waals surface area contributed by atoms with E-state index in [1.807, 2.05) is 20.8 Å². The molecule has 1 aromatic rings. The molecule has 0 fully saturated rings. The Morgan fingerprint density at radius 3 is 2.25 bits per heavy atom. The van der Waals surface area contributed by atoms with Gasteiger partial charge in [-0.1, -0.05) is 32.9 Å². The lowest BCUT2D eigenvalue weighted by molar-refractivity contribution is -0.384. The highest BCUT2D eigenvalue weighted by atomic mass is 16.6. The van der Waals surface area contributed by atoms with E-state index in [2.05, 4.69) is 5.32 Å². The molecule has 2 rings (SSSR count). The van der Waals surface area contributed by atoms with Gasteiger partial charge in [0.15, 0.2) is 0 Å². The van der Waals surface area contributed by atoms with E-state index in [0.717, 1.165) is 5.70 Å². The second kappa shape index (κ2) is 9.16. The van der Waals surface area contributed by atoms with Crippen molar-refractivity contribution < 1.29 is 19.6 Å². The minimum absolute atomic E-state index is 0.0729. The highest BCUT2D eigenvalue weighted by Gasteiger charge is 2.37. The number of nitro benzene ring substituents is 1. The summed E-state index contributed by atoms with van der Waals surface area (Å²) in [6.45, 7) is 6.18. The molecule has 0 radical (unpaired) electrons. The predicted octanol–water partition coefficient (Wildman–Crippen LogP) is 3.52. The number of amides is 1. The Labute approximate surface area is 163 Å². The maximum absolute atomic E-state index is 12.2. The molecule has 8 nitrogen and oxygen atoms in total. The Hall–Kier alpha value is -3.16. The molecular formula is C20H25N3O5. The number of nitro groups is 1. The van der Waals surface area contributed by atoms with Crippen molar-refractivity contribution >= 4 is 18.1 Å². The summed E-state index contributed by atoms with van der Waals surface area (Å²) in [5.74, 6) is -1.77. The van der Waals surface area contributed by atoms with Gasteiger partial charge in [-0.05, 0) is 24.8 Å². The third-order valence-electron chi connectivity index (χ3n) is 4.77.